The van der Waals surface area contributed by atoms with Crippen molar-refractivity contribution in [3.63, 3.8) is 0 Å². The highest BCUT2D eigenvalue weighted by Gasteiger charge is 2.12. The van der Waals surface area contributed by atoms with Crippen LogP contribution in [0, 0.1) is 0 Å². The highest BCUT2D eigenvalue weighted by molar-refractivity contribution is 5.83. The number of benzene rings is 1. The predicted molar refractivity (Wildman–Crippen MR) is 70.9 cm³/mol. The highest BCUT2D eigenvalue weighted by atomic mass is 16.3. The van der Waals surface area contributed by atoms with Crippen LogP contribution in [0.5, 0.6) is 0 Å². The second-order valence-electron chi connectivity index (χ2n) is 5.20. The smallest absolute Gasteiger partial charge is 0.0715 e. The normalized spacial score (nSPS) is 12.2. The van der Waals surface area contributed by atoms with Crippen molar-refractivity contribution in [1.29, 1.82) is 0 Å². The Kier molecular flexibility index (Phi) is 3.22. The molecule has 0 saturated carbocycles. The summed E-state index contributed by atoms with van der Waals surface area (Å²) in [7, 11) is 2.06. The van der Waals surface area contributed by atoms with Crippen LogP contribution in [0.2, 0.25) is 0 Å². The van der Waals surface area contributed by atoms with Gasteiger partial charge in [-0.15, -0.1) is 0 Å². The molecule has 0 bridgehead atoms. The first kappa shape index (κ1) is 12.1. The fraction of sp³-hybridized carbons (Fsp3) is 0.429. The SMILES string of the molecule is Cn1cc(CNCC(C)(C)O)c2ccccc21. The van der Waals surface area contributed by atoms with E-state index in [2.05, 4.69) is 47.4 Å². The zero-order chi connectivity index (χ0) is 12.5. The van der Waals surface area contributed by atoms with E-state index >= 15 is 0 Å². The largest absolute Gasteiger partial charge is 0.389 e. The lowest BCUT2D eigenvalue weighted by atomic mass is 10.1. The monoisotopic (exact) mass is 232 g/mol. The van der Waals surface area contributed by atoms with Gasteiger partial charge in [0.1, 0.15) is 0 Å². The quantitative estimate of drug-likeness (QED) is 0.846. The van der Waals surface area contributed by atoms with Gasteiger partial charge in [0.05, 0.1) is 5.60 Å². The van der Waals surface area contributed by atoms with Gasteiger partial charge in [0.15, 0.2) is 0 Å². The molecular formula is C14H20N2O. The van der Waals surface area contributed by atoms with Crippen molar-refractivity contribution < 1.29 is 5.11 Å². The van der Waals surface area contributed by atoms with E-state index in [0.717, 1.165) is 6.54 Å². The lowest BCUT2D eigenvalue weighted by molar-refractivity contribution is 0.0795. The molecule has 0 aliphatic carbocycles. The first-order chi connectivity index (χ1) is 7.97. The van der Waals surface area contributed by atoms with Gasteiger partial charge in [0.2, 0.25) is 0 Å². The van der Waals surface area contributed by atoms with E-state index < -0.39 is 5.60 Å². The third kappa shape index (κ3) is 2.87. The number of aryl methyl sites for hydroxylation is 1. The minimum atomic E-state index is -0.662. The van der Waals surface area contributed by atoms with Crippen LogP contribution in [0.25, 0.3) is 10.9 Å². The lowest BCUT2D eigenvalue weighted by Gasteiger charge is -2.17. The summed E-state index contributed by atoms with van der Waals surface area (Å²) in [4.78, 5) is 0. The van der Waals surface area contributed by atoms with Crippen molar-refractivity contribution in [2.75, 3.05) is 6.54 Å². The molecule has 3 heteroatoms. The third-order valence-corrected chi connectivity index (χ3v) is 2.85. The number of hydrogen-bond acceptors (Lipinski definition) is 2. The molecule has 2 aromatic rings. The second-order valence-corrected chi connectivity index (χ2v) is 5.20. The molecule has 0 fully saturated rings. The molecule has 17 heavy (non-hydrogen) atoms. The number of fused-ring (bicyclic) bond motifs is 1. The minimum Gasteiger partial charge on any atom is -0.389 e. The number of hydrogen-bond donors (Lipinski definition) is 2. The molecule has 3 nitrogen and oxygen atoms in total. The van der Waals surface area contributed by atoms with Crippen molar-refractivity contribution in [2.45, 2.75) is 26.0 Å². The van der Waals surface area contributed by atoms with Crippen molar-refractivity contribution in [3.05, 3.63) is 36.0 Å². The fourth-order valence-corrected chi connectivity index (χ4v) is 2.07. The molecule has 0 aliphatic heterocycles. The molecule has 0 spiro atoms. The first-order valence-electron chi connectivity index (χ1n) is 5.93. The molecule has 1 aromatic heterocycles. The van der Waals surface area contributed by atoms with Gasteiger partial charge in [-0.3, -0.25) is 0 Å². The molecule has 2 rings (SSSR count). The van der Waals surface area contributed by atoms with Crippen LogP contribution in [0.3, 0.4) is 0 Å². The summed E-state index contributed by atoms with van der Waals surface area (Å²) in [6, 6.07) is 8.36. The van der Waals surface area contributed by atoms with Crippen LogP contribution < -0.4 is 5.32 Å². The highest BCUT2D eigenvalue weighted by Crippen LogP contribution is 2.19. The fourth-order valence-electron chi connectivity index (χ4n) is 2.07. The molecule has 0 aliphatic rings. The Bertz CT molecular complexity index is 508. The van der Waals surface area contributed by atoms with Crippen LogP contribution in [-0.4, -0.2) is 21.8 Å². The predicted octanol–water partition coefficient (Wildman–Crippen LogP) is 2.04. The van der Waals surface area contributed by atoms with E-state index in [1.807, 2.05) is 13.8 Å². The maximum atomic E-state index is 9.65. The van der Waals surface area contributed by atoms with Crippen molar-refractivity contribution >= 4 is 10.9 Å². The summed E-state index contributed by atoms with van der Waals surface area (Å²) in [5, 5.41) is 14.2. The maximum absolute atomic E-state index is 9.65. The van der Waals surface area contributed by atoms with Gasteiger partial charge in [-0.1, -0.05) is 18.2 Å². The number of aliphatic hydroxyl groups is 1. The summed E-state index contributed by atoms with van der Waals surface area (Å²) < 4.78 is 2.14. The zero-order valence-electron chi connectivity index (χ0n) is 10.7. The molecule has 0 unspecified atom stereocenters. The molecule has 0 saturated heterocycles. The average molecular weight is 232 g/mol. The van der Waals surface area contributed by atoms with Crippen LogP contribution in [-0.2, 0) is 13.6 Å². The molecule has 1 aromatic carbocycles. The Morgan fingerprint density at radius 1 is 1.29 bits per heavy atom. The zero-order valence-corrected chi connectivity index (χ0v) is 10.7. The van der Waals surface area contributed by atoms with Crippen LogP contribution in [0.4, 0.5) is 0 Å². The number of nitrogens with zero attached hydrogens (tertiary/aromatic N) is 1. The van der Waals surface area contributed by atoms with Gasteiger partial charge >= 0.3 is 0 Å². The van der Waals surface area contributed by atoms with Gasteiger partial charge in [0, 0.05) is 37.2 Å². The number of para-hydroxylation sites is 1. The van der Waals surface area contributed by atoms with Crippen LogP contribution >= 0.6 is 0 Å². The van der Waals surface area contributed by atoms with Crippen molar-refractivity contribution in [1.82, 2.24) is 9.88 Å². The average Bonchev–Trinajstić information content (AvgIpc) is 2.55. The summed E-state index contributed by atoms with van der Waals surface area (Å²) in [6.45, 7) is 4.99. The minimum absolute atomic E-state index is 0.593. The van der Waals surface area contributed by atoms with Crippen molar-refractivity contribution in [2.24, 2.45) is 7.05 Å². The third-order valence-electron chi connectivity index (χ3n) is 2.85. The lowest BCUT2D eigenvalue weighted by Crippen LogP contribution is -2.34. The Balaban J connectivity index is 2.14. The first-order valence-corrected chi connectivity index (χ1v) is 5.93. The Hall–Kier alpha value is -1.32. The summed E-state index contributed by atoms with van der Waals surface area (Å²) in [5.74, 6) is 0. The molecule has 0 radical (unpaired) electrons. The van der Waals surface area contributed by atoms with E-state index in [4.69, 9.17) is 0 Å². The molecule has 1 heterocycles. The van der Waals surface area contributed by atoms with E-state index in [0.29, 0.717) is 6.54 Å². The Morgan fingerprint density at radius 3 is 2.71 bits per heavy atom. The topological polar surface area (TPSA) is 37.2 Å². The maximum Gasteiger partial charge on any atom is 0.0715 e. The number of aromatic nitrogens is 1. The van der Waals surface area contributed by atoms with Gasteiger partial charge in [-0.2, -0.15) is 0 Å². The summed E-state index contributed by atoms with van der Waals surface area (Å²) in [6.07, 6.45) is 2.14. The van der Waals surface area contributed by atoms with E-state index in [1.54, 1.807) is 0 Å². The Morgan fingerprint density at radius 2 is 2.00 bits per heavy atom. The second kappa shape index (κ2) is 4.51. The molecule has 2 N–H and O–H groups in total. The molecule has 92 valence electrons. The number of rotatable bonds is 4. The summed E-state index contributed by atoms with van der Waals surface area (Å²) in [5.41, 5.74) is 1.85. The molecule has 0 atom stereocenters. The van der Waals surface area contributed by atoms with Crippen molar-refractivity contribution in [3.8, 4) is 0 Å². The van der Waals surface area contributed by atoms with E-state index in [-0.39, 0.29) is 0 Å². The van der Waals surface area contributed by atoms with Gasteiger partial charge in [-0.25, -0.2) is 0 Å². The number of nitrogens with one attached hydrogen (secondary N) is 1. The molecular weight excluding hydrogens is 212 g/mol. The van der Waals surface area contributed by atoms with Gasteiger partial charge in [0.25, 0.3) is 0 Å². The van der Waals surface area contributed by atoms with Gasteiger partial charge in [-0.05, 0) is 25.5 Å². The van der Waals surface area contributed by atoms with E-state index in [9.17, 15) is 5.11 Å². The van der Waals surface area contributed by atoms with Gasteiger partial charge < -0.3 is 15.0 Å². The Labute approximate surface area is 102 Å². The van der Waals surface area contributed by atoms with Crippen LogP contribution in [0.1, 0.15) is 19.4 Å². The van der Waals surface area contributed by atoms with Crippen LogP contribution in [0.15, 0.2) is 30.5 Å². The van der Waals surface area contributed by atoms with E-state index in [1.165, 1.54) is 16.5 Å². The standard InChI is InChI=1S/C14H20N2O/c1-14(2,17)10-15-8-11-9-16(3)13-7-5-4-6-12(11)13/h4-7,9,15,17H,8,10H2,1-3H3. The summed E-state index contributed by atoms with van der Waals surface area (Å²) >= 11 is 0. The molecule has 0 amide bonds.